The van der Waals surface area contributed by atoms with Crippen molar-refractivity contribution in [2.75, 3.05) is 20.6 Å². The molecule has 1 aliphatic carbocycles. The van der Waals surface area contributed by atoms with E-state index in [9.17, 15) is 14.4 Å². The third kappa shape index (κ3) is 2.97. The summed E-state index contributed by atoms with van der Waals surface area (Å²) in [5, 5.41) is 0. The van der Waals surface area contributed by atoms with Gasteiger partial charge >= 0.3 is 6.03 Å². The van der Waals surface area contributed by atoms with E-state index in [0.717, 1.165) is 29.7 Å². The van der Waals surface area contributed by atoms with Gasteiger partial charge in [0.15, 0.2) is 0 Å². The van der Waals surface area contributed by atoms with E-state index in [1.165, 1.54) is 0 Å². The molecule has 4 amide bonds. The first-order valence-corrected chi connectivity index (χ1v) is 9.29. The molecule has 3 rings (SSSR count). The summed E-state index contributed by atoms with van der Waals surface area (Å²) in [6.45, 7) is 1.74. The average Bonchev–Trinajstić information content (AvgIpc) is 2.84. The first kappa shape index (κ1) is 18.4. The molecule has 0 N–H and O–H groups in total. The van der Waals surface area contributed by atoms with Crippen LogP contribution in [0.2, 0.25) is 0 Å². The Morgan fingerprint density at radius 2 is 1.77 bits per heavy atom. The summed E-state index contributed by atoms with van der Waals surface area (Å²) >= 11 is 0. The molecule has 6 nitrogen and oxygen atoms in total. The first-order valence-electron chi connectivity index (χ1n) is 9.29. The second-order valence-electron chi connectivity index (χ2n) is 7.42. The molecule has 1 aromatic rings. The molecule has 1 saturated heterocycles. The summed E-state index contributed by atoms with van der Waals surface area (Å²) in [6.07, 6.45) is 4.35. The van der Waals surface area contributed by atoms with Crippen LogP contribution in [-0.2, 0) is 9.59 Å². The summed E-state index contributed by atoms with van der Waals surface area (Å²) in [5.41, 5.74) is 0.280. The Bertz CT molecular complexity index is 698. The summed E-state index contributed by atoms with van der Waals surface area (Å²) in [7, 11) is 3.40. The molecule has 2 fully saturated rings. The number of carbonyl (C=O) groups is 3. The monoisotopic (exact) mass is 357 g/mol. The van der Waals surface area contributed by atoms with Gasteiger partial charge in [-0.05, 0) is 25.3 Å². The van der Waals surface area contributed by atoms with Gasteiger partial charge in [-0.3, -0.25) is 14.5 Å². The van der Waals surface area contributed by atoms with Crippen molar-refractivity contribution in [2.45, 2.75) is 50.6 Å². The number of imide groups is 1. The van der Waals surface area contributed by atoms with Crippen LogP contribution in [0.25, 0.3) is 0 Å². The van der Waals surface area contributed by atoms with Crippen molar-refractivity contribution >= 4 is 17.8 Å². The van der Waals surface area contributed by atoms with E-state index in [1.54, 1.807) is 23.9 Å². The fraction of sp³-hybridized carbons (Fsp3) is 0.550. The van der Waals surface area contributed by atoms with Crippen LogP contribution in [0.4, 0.5) is 4.79 Å². The van der Waals surface area contributed by atoms with Gasteiger partial charge in [-0.15, -0.1) is 0 Å². The maximum absolute atomic E-state index is 13.0. The summed E-state index contributed by atoms with van der Waals surface area (Å²) in [6, 6.07) is 9.23. The predicted octanol–water partition coefficient (Wildman–Crippen LogP) is 2.80. The van der Waals surface area contributed by atoms with Gasteiger partial charge in [0.2, 0.25) is 5.91 Å². The van der Waals surface area contributed by atoms with Gasteiger partial charge in [-0.1, -0.05) is 49.6 Å². The lowest BCUT2D eigenvalue weighted by Crippen LogP contribution is -2.49. The normalized spacial score (nSPS) is 20.6. The predicted molar refractivity (Wildman–Crippen MR) is 98.3 cm³/mol. The van der Waals surface area contributed by atoms with E-state index in [4.69, 9.17) is 0 Å². The summed E-state index contributed by atoms with van der Waals surface area (Å²) < 4.78 is 0. The van der Waals surface area contributed by atoms with Crippen LogP contribution in [0.5, 0.6) is 0 Å². The standard InChI is InChI=1S/C20H27N3O3/c1-15(16-10-6-4-7-11-16)21(2)17(24)14-23-18(25)20(22(3)19(23)26)12-8-5-9-13-20/h4,6-7,10-11,15H,5,8-9,12-14H2,1-3H3. The zero-order chi connectivity index (χ0) is 18.9. The number of urea groups is 1. The minimum Gasteiger partial charge on any atom is -0.337 e. The third-order valence-electron chi connectivity index (χ3n) is 6.03. The van der Waals surface area contributed by atoms with Crippen molar-refractivity contribution in [1.82, 2.24) is 14.7 Å². The lowest BCUT2D eigenvalue weighted by Gasteiger charge is -2.35. The number of nitrogens with zero attached hydrogens (tertiary/aromatic N) is 3. The highest BCUT2D eigenvalue weighted by Gasteiger charge is 2.55. The number of rotatable bonds is 4. The van der Waals surface area contributed by atoms with Gasteiger partial charge in [0.25, 0.3) is 5.91 Å². The van der Waals surface area contributed by atoms with Crippen LogP contribution >= 0.6 is 0 Å². The molecule has 1 saturated carbocycles. The Hall–Kier alpha value is -2.37. The fourth-order valence-electron chi connectivity index (χ4n) is 4.09. The van der Waals surface area contributed by atoms with Gasteiger partial charge in [0.05, 0.1) is 6.04 Å². The van der Waals surface area contributed by atoms with Crippen molar-refractivity contribution < 1.29 is 14.4 Å². The van der Waals surface area contributed by atoms with Crippen LogP contribution in [0, 0.1) is 0 Å². The lowest BCUT2D eigenvalue weighted by molar-refractivity contribution is -0.140. The van der Waals surface area contributed by atoms with Crippen molar-refractivity contribution in [3.63, 3.8) is 0 Å². The maximum Gasteiger partial charge on any atom is 0.327 e. The largest absolute Gasteiger partial charge is 0.337 e. The van der Waals surface area contributed by atoms with E-state index < -0.39 is 5.54 Å². The number of hydrogen-bond acceptors (Lipinski definition) is 3. The number of hydrogen-bond donors (Lipinski definition) is 0. The number of carbonyl (C=O) groups excluding carboxylic acids is 3. The second-order valence-corrected chi connectivity index (χ2v) is 7.42. The smallest absolute Gasteiger partial charge is 0.327 e. The molecule has 0 radical (unpaired) electrons. The number of benzene rings is 1. The Balaban J connectivity index is 1.72. The van der Waals surface area contributed by atoms with Crippen LogP contribution in [0.3, 0.4) is 0 Å². The molecule has 1 aromatic carbocycles. The van der Waals surface area contributed by atoms with Crippen molar-refractivity contribution in [3.05, 3.63) is 35.9 Å². The summed E-state index contributed by atoms with van der Waals surface area (Å²) in [5.74, 6) is -0.442. The molecule has 6 heteroatoms. The van der Waals surface area contributed by atoms with E-state index in [0.29, 0.717) is 12.8 Å². The highest BCUT2D eigenvalue weighted by Crippen LogP contribution is 2.39. The van der Waals surface area contributed by atoms with E-state index >= 15 is 0 Å². The molecule has 0 aromatic heterocycles. The van der Waals surface area contributed by atoms with Crippen molar-refractivity contribution in [2.24, 2.45) is 0 Å². The molecule has 1 unspecified atom stereocenters. The molecule has 1 spiro atoms. The molecular weight excluding hydrogens is 330 g/mol. The van der Waals surface area contributed by atoms with Gasteiger partial charge < -0.3 is 9.80 Å². The molecule has 1 aliphatic heterocycles. The molecular formula is C20H27N3O3. The quantitative estimate of drug-likeness (QED) is 0.779. The molecule has 0 bridgehead atoms. The van der Waals surface area contributed by atoms with E-state index in [1.807, 2.05) is 37.3 Å². The fourth-order valence-corrected chi connectivity index (χ4v) is 4.09. The molecule has 2 aliphatic rings. The van der Waals surface area contributed by atoms with Crippen LogP contribution in [0.15, 0.2) is 30.3 Å². The van der Waals surface area contributed by atoms with Crippen LogP contribution in [0.1, 0.15) is 50.6 Å². The average molecular weight is 357 g/mol. The van der Waals surface area contributed by atoms with Gasteiger partial charge in [-0.25, -0.2) is 4.79 Å². The highest BCUT2D eigenvalue weighted by atomic mass is 16.2. The first-order chi connectivity index (χ1) is 12.4. The third-order valence-corrected chi connectivity index (χ3v) is 6.03. The Morgan fingerprint density at radius 1 is 1.15 bits per heavy atom. The zero-order valence-corrected chi connectivity index (χ0v) is 15.8. The van der Waals surface area contributed by atoms with Crippen LogP contribution < -0.4 is 0 Å². The zero-order valence-electron chi connectivity index (χ0n) is 15.8. The van der Waals surface area contributed by atoms with Gasteiger partial charge in [0, 0.05) is 14.1 Å². The minimum absolute atomic E-state index is 0.127. The number of amides is 4. The van der Waals surface area contributed by atoms with Crippen molar-refractivity contribution in [1.29, 1.82) is 0 Å². The second kappa shape index (κ2) is 7.09. The SMILES string of the molecule is CC(c1ccccc1)N(C)C(=O)CN1C(=O)N(C)C2(CCCCC2)C1=O. The topological polar surface area (TPSA) is 60.9 Å². The molecule has 1 heterocycles. The highest BCUT2D eigenvalue weighted by molar-refractivity contribution is 6.08. The summed E-state index contributed by atoms with van der Waals surface area (Å²) in [4.78, 5) is 42.7. The maximum atomic E-state index is 13.0. The minimum atomic E-state index is -0.737. The Morgan fingerprint density at radius 3 is 2.38 bits per heavy atom. The van der Waals surface area contributed by atoms with Crippen LogP contribution in [-0.4, -0.2) is 58.7 Å². The van der Waals surface area contributed by atoms with E-state index in [-0.39, 0.29) is 30.4 Å². The Kier molecular flexibility index (Phi) is 5.03. The number of likely N-dealkylation sites (N-methyl/N-ethyl adjacent to an activating group) is 2. The van der Waals surface area contributed by atoms with Gasteiger partial charge in [0.1, 0.15) is 12.1 Å². The van der Waals surface area contributed by atoms with Gasteiger partial charge in [-0.2, -0.15) is 0 Å². The molecule has 26 heavy (non-hydrogen) atoms. The van der Waals surface area contributed by atoms with E-state index in [2.05, 4.69) is 0 Å². The van der Waals surface area contributed by atoms with Crippen molar-refractivity contribution in [3.8, 4) is 0 Å². The molecule has 140 valence electrons. The molecule has 1 atom stereocenters. The Labute approximate surface area is 154 Å². The lowest BCUT2D eigenvalue weighted by atomic mass is 9.81.